The summed E-state index contributed by atoms with van der Waals surface area (Å²) in [4.78, 5) is 44.7. The first kappa shape index (κ1) is 26.2. The lowest BCUT2D eigenvalue weighted by Gasteiger charge is -2.39. The largest absolute Gasteiger partial charge is 0.443 e. The molecule has 10 nitrogen and oxygen atoms in total. The molecule has 208 valence electrons. The molecule has 2 amide bonds. The minimum Gasteiger partial charge on any atom is -0.443 e. The zero-order chi connectivity index (χ0) is 28.7. The molecule has 12 heteroatoms. The molecule has 41 heavy (non-hydrogen) atoms. The van der Waals surface area contributed by atoms with E-state index in [1.807, 2.05) is 4.57 Å². The van der Waals surface area contributed by atoms with Crippen molar-refractivity contribution in [2.24, 2.45) is 0 Å². The standard InChI is InChI=1S/C29H25F2N7O3/c1-16-15-41-29(34-16)24-11-26-25(12-33-24)36-27(21-5-3-4-6-22(21)31)38(26)20-10-19(13-37(14-20)17(2)39)35-28(40)23-9-18(30)7-8-32-23/h3-9,11-12,15,19-20H,10,13-14H2,1-2H3,(H,35,40)/t19-,20+/m1/s1. The highest BCUT2D eigenvalue weighted by Crippen LogP contribution is 2.35. The number of hydrogen-bond acceptors (Lipinski definition) is 7. The summed E-state index contributed by atoms with van der Waals surface area (Å²) in [6, 6.07) is 9.37. The number of rotatable bonds is 5. The molecule has 5 aromatic rings. The Kier molecular flexibility index (Phi) is 6.73. The number of nitrogens with zero attached hydrogens (tertiary/aromatic N) is 6. The molecular formula is C29H25F2N7O3. The van der Waals surface area contributed by atoms with Gasteiger partial charge in [-0.3, -0.25) is 14.6 Å². The molecule has 1 aliphatic rings. The maximum atomic E-state index is 15.1. The number of carbonyl (C=O) groups excluding carboxylic acids is 2. The van der Waals surface area contributed by atoms with Gasteiger partial charge in [0.05, 0.1) is 29.0 Å². The number of aryl methyl sites for hydroxylation is 1. The third-order valence-electron chi connectivity index (χ3n) is 7.06. The highest BCUT2D eigenvalue weighted by atomic mass is 19.1. The predicted octanol–water partition coefficient (Wildman–Crippen LogP) is 4.33. The SMILES string of the molecule is CC(=O)N1C[C@H](NC(=O)c2cc(F)ccn2)C[C@H](n2c(-c3ccccc3F)nc3cnc(-c4nc(C)co4)cc32)C1. The van der Waals surface area contributed by atoms with Crippen molar-refractivity contribution >= 4 is 22.8 Å². The number of likely N-dealkylation sites (tertiary alicyclic amines) is 1. The summed E-state index contributed by atoms with van der Waals surface area (Å²) in [7, 11) is 0. The molecule has 0 radical (unpaired) electrons. The average Bonchev–Trinajstić information content (AvgIpc) is 3.56. The van der Waals surface area contributed by atoms with Gasteiger partial charge in [-0.05, 0) is 37.6 Å². The third-order valence-corrected chi connectivity index (χ3v) is 7.06. The average molecular weight is 558 g/mol. The fourth-order valence-electron chi connectivity index (χ4n) is 5.20. The minimum atomic E-state index is -0.581. The monoisotopic (exact) mass is 557 g/mol. The van der Waals surface area contributed by atoms with Crippen molar-refractivity contribution in [3.8, 4) is 23.0 Å². The molecule has 0 bridgehead atoms. The topological polar surface area (TPSA) is 119 Å². The van der Waals surface area contributed by atoms with E-state index < -0.39 is 29.6 Å². The zero-order valence-electron chi connectivity index (χ0n) is 22.2. The van der Waals surface area contributed by atoms with Gasteiger partial charge in [-0.2, -0.15) is 0 Å². The van der Waals surface area contributed by atoms with E-state index in [0.29, 0.717) is 47.1 Å². The summed E-state index contributed by atoms with van der Waals surface area (Å²) in [5.74, 6) is -1.11. The van der Waals surface area contributed by atoms with Crippen molar-refractivity contribution in [1.82, 2.24) is 34.7 Å². The zero-order valence-corrected chi connectivity index (χ0v) is 22.2. The van der Waals surface area contributed by atoms with Crippen molar-refractivity contribution in [2.45, 2.75) is 32.4 Å². The van der Waals surface area contributed by atoms with Crippen LogP contribution in [-0.2, 0) is 4.79 Å². The molecule has 0 aliphatic carbocycles. The van der Waals surface area contributed by atoms with Gasteiger partial charge < -0.3 is 19.2 Å². The van der Waals surface area contributed by atoms with E-state index in [0.717, 1.165) is 12.1 Å². The predicted molar refractivity (Wildman–Crippen MR) is 145 cm³/mol. The Balaban J connectivity index is 1.45. The number of carbonyl (C=O) groups is 2. The van der Waals surface area contributed by atoms with Crippen molar-refractivity contribution in [3.63, 3.8) is 0 Å². The second-order valence-corrected chi connectivity index (χ2v) is 9.98. The van der Waals surface area contributed by atoms with Crippen LogP contribution in [0.1, 0.15) is 35.6 Å². The highest BCUT2D eigenvalue weighted by Gasteiger charge is 2.34. The number of hydrogen-bond donors (Lipinski definition) is 1. The van der Waals surface area contributed by atoms with Gasteiger partial charge in [-0.15, -0.1) is 0 Å². The highest BCUT2D eigenvalue weighted by molar-refractivity contribution is 5.92. The Labute approximate surface area is 233 Å². The van der Waals surface area contributed by atoms with E-state index in [1.165, 1.54) is 25.5 Å². The van der Waals surface area contributed by atoms with Crippen LogP contribution in [-0.4, -0.2) is 60.3 Å². The van der Waals surface area contributed by atoms with Crippen LogP contribution in [0.5, 0.6) is 0 Å². The Morgan fingerprint density at radius 2 is 1.90 bits per heavy atom. The van der Waals surface area contributed by atoms with Gasteiger partial charge in [0.1, 0.15) is 40.6 Å². The normalized spacial score (nSPS) is 17.1. The molecule has 1 saturated heterocycles. The Hall–Kier alpha value is -5.00. The molecule has 5 heterocycles. The minimum absolute atomic E-state index is 0.0708. The van der Waals surface area contributed by atoms with Crippen LogP contribution in [0.4, 0.5) is 8.78 Å². The number of imidazole rings is 1. The quantitative estimate of drug-likeness (QED) is 0.342. The van der Waals surface area contributed by atoms with Gasteiger partial charge in [0.2, 0.25) is 11.8 Å². The van der Waals surface area contributed by atoms with E-state index in [4.69, 9.17) is 9.40 Å². The fourth-order valence-corrected chi connectivity index (χ4v) is 5.20. The Morgan fingerprint density at radius 1 is 1.07 bits per heavy atom. The first-order valence-corrected chi connectivity index (χ1v) is 13.0. The van der Waals surface area contributed by atoms with Gasteiger partial charge in [0, 0.05) is 38.3 Å². The number of aromatic nitrogens is 5. The van der Waals surface area contributed by atoms with E-state index in [-0.39, 0.29) is 23.7 Å². The first-order chi connectivity index (χ1) is 19.8. The summed E-state index contributed by atoms with van der Waals surface area (Å²) >= 11 is 0. The summed E-state index contributed by atoms with van der Waals surface area (Å²) in [6.07, 6.45) is 4.70. The second-order valence-electron chi connectivity index (χ2n) is 9.98. The summed E-state index contributed by atoms with van der Waals surface area (Å²) in [6.45, 7) is 3.80. The summed E-state index contributed by atoms with van der Waals surface area (Å²) in [5, 5.41) is 2.89. The van der Waals surface area contributed by atoms with Crippen LogP contribution in [0.15, 0.2) is 65.5 Å². The van der Waals surface area contributed by atoms with Gasteiger partial charge in [-0.1, -0.05) is 12.1 Å². The number of halogens is 2. The van der Waals surface area contributed by atoms with Crippen LogP contribution in [0.25, 0.3) is 34.0 Å². The smallest absolute Gasteiger partial charge is 0.270 e. The van der Waals surface area contributed by atoms with E-state index in [1.54, 1.807) is 42.3 Å². The van der Waals surface area contributed by atoms with E-state index in [9.17, 15) is 14.0 Å². The lowest BCUT2D eigenvalue weighted by atomic mass is 9.99. The molecule has 2 atom stereocenters. The lowest BCUT2D eigenvalue weighted by Crippen LogP contribution is -2.52. The maximum absolute atomic E-state index is 15.1. The van der Waals surface area contributed by atoms with Crippen LogP contribution < -0.4 is 5.32 Å². The van der Waals surface area contributed by atoms with Gasteiger partial charge in [-0.25, -0.2) is 23.7 Å². The maximum Gasteiger partial charge on any atom is 0.270 e. The number of amides is 2. The number of fused-ring (bicyclic) bond motifs is 1. The lowest BCUT2D eigenvalue weighted by molar-refractivity contribution is -0.130. The first-order valence-electron chi connectivity index (χ1n) is 13.0. The number of nitrogens with one attached hydrogen (secondary N) is 1. The summed E-state index contributed by atoms with van der Waals surface area (Å²) in [5.41, 5.74) is 2.52. The van der Waals surface area contributed by atoms with Crippen molar-refractivity contribution < 1.29 is 22.8 Å². The Bertz CT molecular complexity index is 1780. The Morgan fingerprint density at radius 3 is 2.63 bits per heavy atom. The number of piperidine rings is 1. The van der Waals surface area contributed by atoms with Crippen LogP contribution in [0.2, 0.25) is 0 Å². The second kappa shape index (κ2) is 10.5. The van der Waals surface area contributed by atoms with Crippen molar-refractivity contribution in [3.05, 3.63) is 84.1 Å². The molecular weight excluding hydrogens is 532 g/mol. The number of benzene rings is 1. The molecule has 1 aliphatic heterocycles. The molecule has 4 aromatic heterocycles. The fraction of sp³-hybridized carbons (Fsp3) is 0.241. The van der Waals surface area contributed by atoms with Crippen molar-refractivity contribution in [1.29, 1.82) is 0 Å². The number of oxazole rings is 1. The molecule has 1 fully saturated rings. The molecule has 1 N–H and O–H groups in total. The van der Waals surface area contributed by atoms with Gasteiger partial charge in [0.15, 0.2) is 0 Å². The third kappa shape index (κ3) is 5.15. The number of pyridine rings is 2. The molecule has 6 rings (SSSR count). The summed E-state index contributed by atoms with van der Waals surface area (Å²) < 4.78 is 36.3. The van der Waals surface area contributed by atoms with E-state index in [2.05, 4.69) is 20.3 Å². The van der Waals surface area contributed by atoms with Gasteiger partial charge >= 0.3 is 0 Å². The van der Waals surface area contributed by atoms with Crippen LogP contribution in [0, 0.1) is 18.6 Å². The van der Waals surface area contributed by atoms with Crippen LogP contribution >= 0.6 is 0 Å². The molecule has 0 saturated carbocycles. The van der Waals surface area contributed by atoms with E-state index >= 15 is 4.39 Å². The molecule has 1 aromatic carbocycles. The molecule has 0 unspecified atom stereocenters. The van der Waals surface area contributed by atoms with Gasteiger partial charge in [0.25, 0.3) is 5.91 Å². The molecule has 0 spiro atoms. The van der Waals surface area contributed by atoms with Crippen molar-refractivity contribution in [2.75, 3.05) is 13.1 Å². The van der Waals surface area contributed by atoms with Crippen LogP contribution in [0.3, 0.4) is 0 Å².